The highest BCUT2D eigenvalue weighted by molar-refractivity contribution is 7.91. The van der Waals surface area contributed by atoms with E-state index in [0.29, 0.717) is 23.6 Å². The van der Waals surface area contributed by atoms with E-state index < -0.39 is 40.5 Å². The van der Waals surface area contributed by atoms with Gasteiger partial charge in [0.1, 0.15) is 0 Å². The molecule has 0 unspecified atom stereocenters. The van der Waals surface area contributed by atoms with Crippen LogP contribution in [0.25, 0.3) is 11.3 Å². The molecule has 1 aliphatic rings. The Labute approximate surface area is 210 Å². The Kier molecular flexibility index (Phi) is 8.06. The lowest BCUT2D eigenvalue weighted by molar-refractivity contribution is -0.124. The number of amides is 1. The molecule has 2 aromatic carbocycles. The average Bonchev–Trinajstić information content (AvgIpc) is 3.55. The Morgan fingerprint density at radius 1 is 1.17 bits per heavy atom. The Balaban J connectivity index is 1.57. The highest BCUT2D eigenvalue weighted by Gasteiger charge is 2.35. The summed E-state index contributed by atoms with van der Waals surface area (Å²) in [7, 11) is -5.53. The standard InChI is InChI=1S/C25H29BN2O5S2/c1-17-27-23(15-34-17)20-8-5-9-22(14-20)35(32,33)16-21(12-18-6-3-2-4-7-18)25(29)28-24(26(30)31)13-19-10-11-19/h2-9,14-15,19,21,24,30-31H,10-13,16H2,1H3,(H,28,29)/t21-,24+/m1/s1. The Bertz CT molecular complexity index is 1260. The molecule has 10 heteroatoms. The third kappa shape index (κ3) is 7.01. The second-order valence-corrected chi connectivity index (χ2v) is 12.3. The molecule has 0 bridgehead atoms. The SMILES string of the molecule is Cc1nc(-c2cccc(S(=O)(=O)C[C@@H](Cc3ccccc3)C(=O)N[C@@H](CC3CC3)B(O)O)c2)cs1. The number of rotatable bonds is 11. The molecule has 7 nitrogen and oxygen atoms in total. The zero-order valence-electron chi connectivity index (χ0n) is 19.5. The fourth-order valence-corrected chi connectivity index (χ4v) is 6.31. The fourth-order valence-electron chi connectivity index (χ4n) is 4.10. The van der Waals surface area contributed by atoms with Crippen molar-refractivity contribution in [3.05, 3.63) is 70.5 Å². The van der Waals surface area contributed by atoms with Gasteiger partial charge in [-0.25, -0.2) is 13.4 Å². The molecule has 1 fully saturated rings. The summed E-state index contributed by atoms with van der Waals surface area (Å²) in [6, 6.07) is 15.8. The van der Waals surface area contributed by atoms with Crippen LogP contribution < -0.4 is 5.32 Å². The highest BCUT2D eigenvalue weighted by Crippen LogP contribution is 2.34. The molecule has 1 aromatic heterocycles. The molecule has 3 N–H and O–H groups in total. The summed E-state index contributed by atoms with van der Waals surface area (Å²) in [4.78, 5) is 17.8. The largest absolute Gasteiger partial charge is 0.475 e. The van der Waals surface area contributed by atoms with Gasteiger partial charge in [-0.3, -0.25) is 4.79 Å². The molecule has 0 spiro atoms. The van der Waals surface area contributed by atoms with Gasteiger partial charge in [0, 0.05) is 10.9 Å². The van der Waals surface area contributed by atoms with Crippen LogP contribution in [0.4, 0.5) is 0 Å². The fraction of sp³-hybridized carbons (Fsp3) is 0.360. The minimum atomic E-state index is -3.83. The van der Waals surface area contributed by atoms with E-state index in [-0.39, 0.29) is 11.3 Å². The van der Waals surface area contributed by atoms with Crippen LogP contribution in [0.2, 0.25) is 0 Å². The van der Waals surface area contributed by atoms with Crippen LogP contribution >= 0.6 is 11.3 Å². The molecule has 1 aliphatic carbocycles. The molecule has 3 aromatic rings. The maximum atomic E-state index is 13.4. The molecule has 35 heavy (non-hydrogen) atoms. The van der Waals surface area contributed by atoms with Gasteiger partial charge >= 0.3 is 7.12 Å². The van der Waals surface area contributed by atoms with Crippen LogP contribution in [0.15, 0.2) is 64.9 Å². The molecular formula is C25H29BN2O5S2. The minimum Gasteiger partial charge on any atom is -0.426 e. The average molecular weight is 512 g/mol. The molecular weight excluding hydrogens is 483 g/mol. The summed E-state index contributed by atoms with van der Waals surface area (Å²) < 4.78 is 26.9. The summed E-state index contributed by atoms with van der Waals surface area (Å²) >= 11 is 1.49. The quantitative estimate of drug-likeness (QED) is 0.340. The third-order valence-electron chi connectivity index (χ3n) is 6.20. The van der Waals surface area contributed by atoms with Crippen molar-refractivity contribution in [1.82, 2.24) is 10.3 Å². The van der Waals surface area contributed by atoms with Crippen LogP contribution in [0.3, 0.4) is 0 Å². The van der Waals surface area contributed by atoms with Gasteiger partial charge < -0.3 is 15.4 Å². The van der Waals surface area contributed by atoms with Crippen molar-refractivity contribution >= 4 is 34.2 Å². The second kappa shape index (κ2) is 11.0. The van der Waals surface area contributed by atoms with Gasteiger partial charge in [-0.1, -0.05) is 55.3 Å². The van der Waals surface area contributed by atoms with Crippen molar-refractivity contribution in [1.29, 1.82) is 0 Å². The molecule has 0 radical (unpaired) electrons. The van der Waals surface area contributed by atoms with E-state index >= 15 is 0 Å². The summed E-state index contributed by atoms with van der Waals surface area (Å²) in [5.41, 5.74) is 2.24. The summed E-state index contributed by atoms with van der Waals surface area (Å²) in [6.07, 6.45) is 2.67. The number of sulfone groups is 1. The topological polar surface area (TPSA) is 117 Å². The van der Waals surface area contributed by atoms with Crippen LogP contribution in [0.1, 0.15) is 29.8 Å². The Hall–Kier alpha value is -2.53. The third-order valence-corrected chi connectivity index (χ3v) is 8.78. The highest BCUT2D eigenvalue weighted by atomic mass is 32.2. The molecule has 2 atom stereocenters. The molecule has 1 amide bonds. The zero-order chi connectivity index (χ0) is 25.0. The number of thiazole rings is 1. The van der Waals surface area contributed by atoms with Gasteiger partial charge in [-0.05, 0) is 43.4 Å². The van der Waals surface area contributed by atoms with Gasteiger partial charge in [-0.2, -0.15) is 0 Å². The van der Waals surface area contributed by atoms with E-state index in [1.165, 1.54) is 17.4 Å². The van der Waals surface area contributed by atoms with Crippen molar-refractivity contribution in [2.75, 3.05) is 5.75 Å². The zero-order valence-corrected chi connectivity index (χ0v) is 21.1. The first kappa shape index (κ1) is 25.6. The van der Waals surface area contributed by atoms with E-state index in [2.05, 4.69) is 10.3 Å². The van der Waals surface area contributed by atoms with E-state index in [1.54, 1.807) is 12.1 Å². The number of nitrogens with zero attached hydrogens (tertiary/aromatic N) is 1. The van der Waals surface area contributed by atoms with E-state index in [1.807, 2.05) is 48.7 Å². The van der Waals surface area contributed by atoms with Crippen LogP contribution in [-0.4, -0.2) is 48.2 Å². The predicted octanol–water partition coefficient (Wildman–Crippen LogP) is 3.05. The molecule has 1 saturated carbocycles. The van der Waals surface area contributed by atoms with E-state index in [4.69, 9.17) is 0 Å². The first-order valence-corrected chi connectivity index (χ1v) is 14.2. The van der Waals surface area contributed by atoms with Crippen molar-refractivity contribution in [2.24, 2.45) is 11.8 Å². The lowest BCUT2D eigenvalue weighted by Gasteiger charge is -2.22. The number of benzene rings is 2. The van der Waals surface area contributed by atoms with Crippen LogP contribution in [0, 0.1) is 18.8 Å². The van der Waals surface area contributed by atoms with Crippen molar-refractivity contribution < 1.29 is 23.3 Å². The van der Waals surface area contributed by atoms with Gasteiger partial charge in [0.05, 0.1) is 33.2 Å². The van der Waals surface area contributed by atoms with Gasteiger partial charge in [-0.15, -0.1) is 11.3 Å². The van der Waals surface area contributed by atoms with E-state index in [9.17, 15) is 23.3 Å². The number of carbonyl (C=O) groups excluding carboxylic acids is 1. The van der Waals surface area contributed by atoms with Crippen molar-refractivity contribution in [2.45, 2.75) is 43.4 Å². The molecule has 4 rings (SSSR count). The summed E-state index contributed by atoms with van der Waals surface area (Å²) in [6.45, 7) is 1.89. The van der Waals surface area contributed by atoms with Crippen molar-refractivity contribution in [3.63, 3.8) is 0 Å². The maximum Gasteiger partial charge on any atom is 0.475 e. The predicted molar refractivity (Wildman–Crippen MR) is 137 cm³/mol. The Morgan fingerprint density at radius 2 is 1.91 bits per heavy atom. The van der Waals surface area contributed by atoms with Gasteiger partial charge in [0.25, 0.3) is 0 Å². The molecule has 184 valence electrons. The summed E-state index contributed by atoms with van der Waals surface area (Å²) in [5, 5.41) is 25.0. The normalized spacial score (nSPS) is 15.4. The Morgan fingerprint density at radius 3 is 2.54 bits per heavy atom. The van der Waals surface area contributed by atoms with Gasteiger partial charge in [0.15, 0.2) is 9.84 Å². The number of aromatic nitrogens is 1. The van der Waals surface area contributed by atoms with Gasteiger partial charge in [0.2, 0.25) is 5.91 Å². The van der Waals surface area contributed by atoms with E-state index in [0.717, 1.165) is 23.4 Å². The number of aryl methyl sites for hydroxylation is 1. The number of hydrogen-bond donors (Lipinski definition) is 3. The number of hydrogen-bond acceptors (Lipinski definition) is 7. The monoisotopic (exact) mass is 512 g/mol. The smallest absolute Gasteiger partial charge is 0.426 e. The molecule has 1 heterocycles. The second-order valence-electron chi connectivity index (χ2n) is 9.16. The lowest BCUT2D eigenvalue weighted by atomic mass is 9.76. The number of nitrogens with one attached hydrogen (secondary N) is 1. The van der Waals surface area contributed by atoms with Crippen LogP contribution in [-0.2, 0) is 21.1 Å². The summed E-state index contributed by atoms with van der Waals surface area (Å²) in [5.74, 6) is -2.26. The minimum absolute atomic E-state index is 0.128. The first-order chi connectivity index (χ1) is 16.7. The molecule has 0 aliphatic heterocycles. The lowest BCUT2D eigenvalue weighted by Crippen LogP contribution is -2.50. The first-order valence-electron chi connectivity index (χ1n) is 11.7. The van der Waals surface area contributed by atoms with Crippen LogP contribution in [0.5, 0.6) is 0 Å². The maximum absolute atomic E-state index is 13.4. The van der Waals surface area contributed by atoms with Crippen molar-refractivity contribution in [3.8, 4) is 11.3 Å². The molecule has 0 saturated heterocycles. The number of carbonyl (C=O) groups is 1.